The van der Waals surface area contributed by atoms with Crippen molar-refractivity contribution in [2.24, 2.45) is 0 Å². The normalized spacial score (nSPS) is 17.4. The van der Waals surface area contributed by atoms with Crippen molar-refractivity contribution >= 4 is 17.6 Å². The number of amides is 2. The van der Waals surface area contributed by atoms with E-state index < -0.39 is 0 Å². The number of nitrogens with one attached hydrogen (secondary N) is 1. The molecule has 44 heavy (non-hydrogen) atoms. The second-order valence-corrected chi connectivity index (χ2v) is 10.8. The average Bonchev–Trinajstić information content (AvgIpc) is 3.83. The molecule has 2 unspecified atom stereocenters. The Hall–Kier alpha value is -5.33. The zero-order chi connectivity index (χ0) is 30.0. The Morgan fingerprint density at radius 2 is 1.73 bits per heavy atom. The van der Waals surface area contributed by atoms with E-state index in [4.69, 9.17) is 23.9 Å². The van der Waals surface area contributed by atoms with Crippen molar-refractivity contribution < 1.29 is 28.5 Å². The quantitative estimate of drug-likeness (QED) is 0.323. The molecule has 3 aliphatic rings. The van der Waals surface area contributed by atoms with Gasteiger partial charge in [0.1, 0.15) is 12.1 Å². The molecule has 13 heteroatoms. The molecule has 0 radical (unpaired) electrons. The van der Waals surface area contributed by atoms with Crippen LogP contribution in [0.1, 0.15) is 30.5 Å². The van der Waals surface area contributed by atoms with Crippen LogP contribution in [0.5, 0.6) is 23.0 Å². The number of hydrogen-bond acceptors (Lipinski definition) is 10. The molecule has 0 aliphatic carbocycles. The van der Waals surface area contributed by atoms with Gasteiger partial charge in [0.2, 0.25) is 31.3 Å². The van der Waals surface area contributed by atoms with Gasteiger partial charge < -0.3 is 34.1 Å². The Morgan fingerprint density at radius 3 is 2.52 bits per heavy atom. The van der Waals surface area contributed by atoms with Crippen LogP contribution < -0.4 is 29.2 Å². The summed E-state index contributed by atoms with van der Waals surface area (Å²) in [5.74, 6) is 3.66. The topological polar surface area (TPSA) is 133 Å². The van der Waals surface area contributed by atoms with Gasteiger partial charge >= 0.3 is 0 Å². The van der Waals surface area contributed by atoms with Crippen molar-refractivity contribution in [3.05, 3.63) is 78.5 Å². The summed E-state index contributed by atoms with van der Waals surface area (Å²) in [4.78, 5) is 44.1. The van der Waals surface area contributed by atoms with Gasteiger partial charge in [-0.1, -0.05) is 12.1 Å². The highest BCUT2D eigenvalue weighted by Crippen LogP contribution is 2.35. The van der Waals surface area contributed by atoms with Crippen molar-refractivity contribution in [3.8, 4) is 28.9 Å². The number of aromatic nitrogens is 4. The van der Waals surface area contributed by atoms with E-state index in [1.54, 1.807) is 29.5 Å². The van der Waals surface area contributed by atoms with Gasteiger partial charge in [0.05, 0.1) is 18.5 Å². The number of nitrogens with zero attached hydrogens (tertiary/aromatic N) is 6. The molecule has 1 N–H and O–H groups in total. The molecule has 226 valence electrons. The van der Waals surface area contributed by atoms with Crippen LogP contribution in [0.25, 0.3) is 5.95 Å². The molecule has 0 spiro atoms. The molecule has 4 aromatic rings. The first-order valence-electron chi connectivity index (χ1n) is 14.4. The highest BCUT2D eigenvalue weighted by Gasteiger charge is 2.33. The van der Waals surface area contributed by atoms with E-state index >= 15 is 0 Å². The van der Waals surface area contributed by atoms with Crippen molar-refractivity contribution in [1.29, 1.82) is 0 Å². The summed E-state index contributed by atoms with van der Waals surface area (Å²) >= 11 is 0. The number of rotatable bonds is 8. The molecule has 13 nitrogen and oxygen atoms in total. The number of hydrogen-bond donors (Lipinski definition) is 1. The number of benzene rings is 2. The van der Waals surface area contributed by atoms with Crippen molar-refractivity contribution in [2.75, 3.05) is 38.1 Å². The highest BCUT2D eigenvalue weighted by molar-refractivity contribution is 5.81. The zero-order valence-corrected chi connectivity index (χ0v) is 24.1. The molecule has 5 heterocycles. The van der Waals surface area contributed by atoms with Crippen LogP contribution >= 0.6 is 0 Å². The average molecular weight is 598 g/mol. The SMILES string of the molecule is CC(NC(=O)CC1CN(C(=O)Cc2ccc3c(c2)OCO3)CCN1c1ccnc(-n2ccnc2)n1)c1ccc2c(c1)OCO2. The number of ether oxygens (including phenoxy) is 4. The first kappa shape index (κ1) is 27.5. The van der Waals surface area contributed by atoms with Crippen LogP contribution in [-0.2, 0) is 16.0 Å². The van der Waals surface area contributed by atoms with Gasteiger partial charge in [-0.3, -0.25) is 14.2 Å². The van der Waals surface area contributed by atoms with Crippen LogP contribution in [0, 0.1) is 0 Å². The Balaban J connectivity index is 1.08. The summed E-state index contributed by atoms with van der Waals surface area (Å²) in [5.41, 5.74) is 1.75. The number of fused-ring (bicyclic) bond motifs is 2. The third kappa shape index (κ3) is 5.68. The van der Waals surface area contributed by atoms with Crippen molar-refractivity contribution in [2.45, 2.75) is 31.8 Å². The summed E-state index contributed by atoms with van der Waals surface area (Å²) in [6, 6.07) is 12.4. The third-order valence-electron chi connectivity index (χ3n) is 7.98. The minimum Gasteiger partial charge on any atom is -0.454 e. The molecule has 3 aliphatic heterocycles. The minimum absolute atomic E-state index is 0.0237. The molecule has 2 aromatic carbocycles. The second kappa shape index (κ2) is 11.7. The second-order valence-electron chi connectivity index (χ2n) is 10.8. The van der Waals surface area contributed by atoms with Crippen LogP contribution in [0.15, 0.2) is 67.4 Å². The third-order valence-corrected chi connectivity index (χ3v) is 7.98. The number of carbonyl (C=O) groups is 2. The lowest BCUT2D eigenvalue weighted by Gasteiger charge is -2.42. The predicted molar refractivity (Wildman–Crippen MR) is 157 cm³/mol. The van der Waals surface area contributed by atoms with Gasteiger partial charge in [0.15, 0.2) is 23.0 Å². The maximum atomic E-state index is 13.5. The van der Waals surface area contributed by atoms with Gasteiger partial charge in [-0.15, -0.1) is 0 Å². The summed E-state index contributed by atoms with van der Waals surface area (Å²) in [7, 11) is 0. The van der Waals surface area contributed by atoms with E-state index in [9.17, 15) is 9.59 Å². The molecule has 1 saturated heterocycles. The standard InChI is InChI=1S/C31H31N7O6/c1-20(22-3-5-25-27(14-22)44-19-42-25)34-29(39)15-23-16-36(30(40)13-21-2-4-24-26(12-21)43-18-41-24)10-11-38(23)28-6-7-33-31(35-28)37-9-8-32-17-37/h2-9,12,14,17,20,23H,10-11,13,15-16,18-19H2,1H3,(H,34,39). The van der Waals surface area contributed by atoms with Crippen molar-refractivity contribution in [3.63, 3.8) is 0 Å². The Labute approximate surface area is 253 Å². The predicted octanol–water partition coefficient (Wildman–Crippen LogP) is 2.65. The Kier molecular flexibility index (Phi) is 7.34. The number of carbonyl (C=O) groups excluding carboxylic acids is 2. The van der Waals surface area contributed by atoms with Crippen LogP contribution in [0.4, 0.5) is 5.82 Å². The maximum Gasteiger partial charge on any atom is 0.236 e. The van der Waals surface area contributed by atoms with E-state index in [2.05, 4.69) is 20.2 Å². The zero-order valence-electron chi connectivity index (χ0n) is 24.1. The van der Waals surface area contributed by atoms with Crippen LogP contribution in [0.3, 0.4) is 0 Å². The molecule has 0 saturated carbocycles. The van der Waals surface area contributed by atoms with E-state index in [1.165, 1.54) is 0 Å². The van der Waals surface area contributed by atoms with E-state index in [0.29, 0.717) is 54.4 Å². The van der Waals surface area contributed by atoms with Gasteiger partial charge in [-0.25, -0.2) is 9.97 Å². The number of anilines is 1. The molecule has 1 fully saturated rings. The van der Waals surface area contributed by atoms with E-state index in [0.717, 1.165) is 11.1 Å². The minimum atomic E-state index is -0.320. The van der Waals surface area contributed by atoms with Gasteiger partial charge in [0, 0.05) is 44.6 Å². The largest absolute Gasteiger partial charge is 0.454 e. The van der Waals surface area contributed by atoms with Gasteiger partial charge in [-0.2, -0.15) is 4.98 Å². The van der Waals surface area contributed by atoms with E-state index in [1.807, 2.05) is 54.3 Å². The fourth-order valence-electron chi connectivity index (χ4n) is 5.68. The summed E-state index contributed by atoms with van der Waals surface area (Å²) in [5, 5.41) is 3.11. The van der Waals surface area contributed by atoms with Gasteiger partial charge in [0.25, 0.3) is 0 Å². The fourth-order valence-corrected chi connectivity index (χ4v) is 5.68. The Morgan fingerprint density at radius 1 is 0.955 bits per heavy atom. The molecule has 2 aromatic heterocycles. The highest BCUT2D eigenvalue weighted by atomic mass is 16.7. The number of piperazine rings is 1. The van der Waals surface area contributed by atoms with E-state index in [-0.39, 0.29) is 50.3 Å². The maximum absolute atomic E-state index is 13.5. The lowest BCUT2D eigenvalue weighted by atomic mass is 10.0. The summed E-state index contributed by atoms with van der Waals surface area (Å²) < 4.78 is 23.5. The van der Waals surface area contributed by atoms with Crippen LogP contribution in [-0.4, -0.2) is 75.5 Å². The lowest BCUT2D eigenvalue weighted by molar-refractivity contribution is -0.132. The first-order chi connectivity index (χ1) is 21.5. The smallest absolute Gasteiger partial charge is 0.236 e. The molecule has 0 bridgehead atoms. The first-order valence-corrected chi connectivity index (χ1v) is 14.4. The summed E-state index contributed by atoms with van der Waals surface area (Å²) in [6.07, 6.45) is 7.13. The van der Waals surface area contributed by atoms with Gasteiger partial charge in [-0.05, 0) is 48.4 Å². The molecule has 2 atom stereocenters. The molecular formula is C31H31N7O6. The lowest BCUT2D eigenvalue weighted by Crippen LogP contribution is -2.56. The Bertz CT molecular complexity index is 1680. The van der Waals surface area contributed by atoms with Crippen LogP contribution in [0.2, 0.25) is 0 Å². The number of imidazole rings is 1. The summed E-state index contributed by atoms with van der Waals surface area (Å²) in [6.45, 7) is 3.64. The molecule has 2 amide bonds. The molecular weight excluding hydrogens is 566 g/mol. The fraction of sp³-hybridized carbons (Fsp3) is 0.323. The van der Waals surface area contributed by atoms with Crippen molar-refractivity contribution in [1.82, 2.24) is 29.7 Å². The molecule has 7 rings (SSSR count). The monoisotopic (exact) mass is 597 g/mol.